The average molecular weight is 473 g/mol. The molecule has 0 aliphatic carbocycles. The smallest absolute Gasteiger partial charge is 0.462 e. The molecule has 3 aromatic carbocycles. The van der Waals surface area contributed by atoms with Gasteiger partial charge in [0, 0.05) is 18.1 Å². The Morgan fingerprint density at radius 1 is 0.743 bits per heavy atom. The molecular weight excluding hydrogens is 440 g/mol. The Morgan fingerprint density at radius 3 is 2.09 bits per heavy atom. The molecule has 5 heteroatoms. The molecule has 3 aromatic rings. The highest BCUT2D eigenvalue weighted by atomic mass is 16.7. The van der Waals surface area contributed by atoms with Crippen LogP contribution in [0, 0.1) is 5.92 Å². The molecule has 0 spiro atoms. The highest BCUT2D eigenvalue weighted by molar-refractivity contribution is 5.87. The van der Waals surface area contributed by atoms with E-state index in [0.717, 1.165) is 24.8 Å². The average Bonchev–Trinajstić information content (AvgIpc) is 2.88. The zero-order chi connectivity index (χ0) is 24.7. The van der Waals surface area contributed by atoms with E-state index in [0.29, 0.717) is 36.9 Å². The summed E-state index contributed by atoms with van der Waals surface area (Å²) in [6.07, 6.45) is 5.58. The number of esters is 1. The number of ether oxygens (including phenoxy) is 3. The summed E-state index contributed by atoms with van der Waals surface area (Å²) in [4.78, 5) is 24.2. The molecule has 0 aliphatic rings. The third-order valence-electron chi connectivity index (χ3n) is 5.59. The van der Waals surface area contributed by atoms with E-state index in [9.17, 15) is 9.59 Å². The van der Waals surface area contributed by atoms with Crippen LogP contribution in [0.4, 0.5) is 4.79 Å². The molecule has 0 N–H and O–H groups in total. The maximum Gasteiger partial charge on any atom is 0.513 e. The Balaban J connectivity index is 1.39. The lowest BCUT2D eigenvalue weighted by Crippen LogP contribution is -2.14. The van der Waals surface area contributed by atoms with Crippen LogP contribution < -0.4 is 4.74 Å². The topological polar surface area (TPSA) is 61.8 Å². The molecule has 182 valence electrons. The van der Waals surface area contributed by atoms with Crippen molar-refractivity contribution in [2.45, 2.75) is 32.6 Å². The molecule has 35 heavy (non-hydrogen) atoms. The first-order valence-corrected chi connectivity index (χ1v) is 12.0. The van der Waals surface area contributed by atoms with Gasteiger partial charge in [0.1, 0.15) is 5.75 Å². The van der Waals surface area contributed by atoms with Gasteiger partial charge in [0.25, 0.3) is 0 Å². The minimum absolute atomic E-state index is 0.292. The van der Waals surface area contributed by atoms with Crippen molar-refractivity contribution in [3.05, 3.63) is 108 Å². The highest BCUT2D eigenvalue weighted by Crippen LogP contribution is 2.20. The van der Waals surface area contributed by atoms with Gasteiger partial charge in [-0.2, -0.15) is 0 Å². The summed E-state index contributed by atoms with van der Waals surface area (Å²) in [5, 5.41) is 0. The lowest BCUT2D eigenvalue weighted by molar-refractivity contribution is -0.137. The number of carbonyl (C=O) groups is 2. The molecule has 0 bridgehead atoms. The van der Waals surface area contributed by atoms with Crippen LogP contribution >= 0.6 is 0 Å². The normalized spacial score (nSPS) is 11.7. The van der Waals surface area contributed by atoms with Crippen LogP contribution in [0.1, 0.15) is 36.5 Å². The van der Waals surface area contributed by atoms with Gasteiger partial charge in [-0.1, -0.05) is 85.8 Å². The Bertz CT molecular complexity index is 1080. The second-order valence-corrected chi connectivity index (χ2v) is 8.39. The fourth-order valence-corrected chi connectivity index (χ4v) is 3.50. The molecule has 0 saturated carbocycles. The lowest BCUT2D eigenvalue weighted by atomic mass is 9.99. The fraction of sp³-hybridized carbons (Fsp3) is 0.267. The highest BCUT2D eigenvalue weighted by Gasteiger charge is 2.11. The molecule has 0 saturated heterocycles. The summed E-state index contributed by atoms with van der Waals surface area (Å²) >= 11 is 0. The zero-order valence-corrected chi connectivity index (χ0v) is 20.1. The molecule has 1 atom stereocenters. The Kier molecular flexibility index (Phi) is 10.6. The van der Waals surface area contributed by atoms with Crippen molar-refractivity contribution < 1.29 is 23.8 Å². The van der Waals surface area contributed by atoms with Gasteiger partial charge in [-0.15, -0.1) is 0 Å². The van der Waals surface area contributed by atoms with E-state index >= 15 is 0 Å². The minimum atomic E-state index is -0.758. The van der Waals surface area contributed by atoms with E-state index in [2.05, 4.69) is 19.1 Å². The SMILES string of the molecule is CC(CCOC(=O)Oc1ccccc1/C=C/C(=O)OCCc1ccccc1)CCc1ccccc1. The number of carbonyl (C=O) groups excluding carboxylic acids is 2. The van der Waals surface area contributed by atoms with E-state index in [1.165, 1.54) is 11.6 Å². The largest absolute Gasteiger partial charge is 0.513 e. The van der Waals surface area contributed by atoms with Crippen LogP contribution in [0.2, 0.25) is 0 Å². The van der Waals surface area contributed by atoms with Crippen molar-refractivity contribution in [3.8, 4) is 5.75 Å². The predicted octanol–water partition coefficient (Wildman–Crippen LogP) is 6.66. The molecule has 0 aliphatic heterocycles. The van der Waals surface area contributed by atoms with Gasteiger partial charge >= 0.3 is 12.1 Å². The van der Waals surface area contributed by atoms with Crippen LogP contribution in [0.15, 0.2) is 91.0 Å². The zero-order valence-electron chi connectivity index (χ0n) is 20.1. The quantitative estimate of drug-likeness (QED) is 0.168. The predicted molar refractivity (Wildman–Crippen MR) is 137 cm³/mol. The summed E-state index contributed by atoms with van der Waals surface area (Å²) in [7, 11) is 0. The summed E-state index contributed by atoms with van der Waals surface area (Å²) in [6, 6.07) is 27.1. The Morgan fingerprint density at radius 2 is 1.37 bits per heavy atom. The van der Waals surface area contributed by atoms with Crippen LogP contribution in [0.5, 0.6) is 5.75 Å². The number of rotatable bonds is 12. The van der Waals surface area contributed by atoms with Gasteiger partial charge in [0.05, 0.1) is 13.2 Å². The van der Waals surface area contributed by atoms with Crippen LogP contribution in [0.3, 0.4) is 0 Å². The molecule has 0 radical (unpaired) electrons. The second kappa shape index (κ2) is 14.4. The van der Waals surface area contributed by atoms with Crippen molar-refractivity contribution in [2.75, 3.05) is 13.2 Å². The first-order chi connectivity index (χ1) is 17.1. The van der Waals surface area contributed by atoms with E-state index in [1.807, 2.05) is 48.5 Å². The van der Waals surface area contributed by atoms with E-state index in [-0.39, 0.29) is 0 Å². The van der Waals surface area contributed by atoms with Gasteiger partial charge < -0.3 is 14.2 Å². The van der Waals surface area contributed by atoms with Gasteiger partial charge in [0.15, 0.2) is 0 Å². The van der Waals surface area contributed by atoms with Crippen LogP contribution in [-0.4, -0.2) is 25.3 Å². The molecule has 3 rings (SSSR count). The number of aryl methyl sites for hydroxylation is 1. The first-order valence-electron chi connectivity index (χ1n) is 12.0. The Hall–Kier alpha value is -3.86. The number of hydrogen-bond donors (Lipinski definition) is 0. The standard InChI is InChI=1S/C30H32O5/c1-24(16-17-25-10-4-2-5-11-25)20-22-34-30(32)35-28-15-9-8-14-27(28)18-19-29(31)33-23-21-26-12-6-3-7-13-26/h2-15,18-19,24H,16-17,20-23H2,1H3/b19-18+. The molecule has 0 aromatic heterocycles. The second-order valence-electron chi connectivity index (χ2n) is 8.39. The summed E-state index contributed by atoms with van der Waals surface area (Å²) in [5.41, 5.74) is 3.00. The van der Waals surface area contributed by atoms with E-state index in [4.69, 9.17) is 14.2 Å². The molecular formula is C30H32O5. The minimum Gasteiger partial charge on any atom is -0.462 e. The molecule has 5 nitrogen and oxygen atoms in total. The van der Waals surface area contributed by atoms with Gasteiger partial charge in [-0.05, 0) is 48.4 Å². The maximum absolute atomic E-state index is 12.2. The van der Waals surface area contributed by atoms with Gasteiger partial charge in [-0.3, -0.25) is 0 Å². The van der Waals surface area contributed by atoms with Crippen LogP contribution in [0.25, 0.3) is 6.08 Å². The van der Waals surface area contributed by atoms with Crippen molar-refractivity contribution in [3.63, 3.8) is 0 Å². The monoisotopic (exact) mass is 472 g/mol. The third kappa shape index (κ3) is 9.88. The number of para-hydroxylation sites is 1. The molecule has 1 unspecified atom stereocenters. The molecule has 0 amide bonds. The summed E-state index contributed by atoms with van der Waals surface area (Å²) in [5.74, 6) is 0.289. The first kappa shape index (κ1) is 25.8. The van der Waals surface area contributed by atoms with E-state index < -0.39 is 12.1 Å². The number of hydrogen-bond acceptors (Lipinski definition) is 5. The van der Waals surface area contributed by atoms with Gasteiger partial charge in [-0.25, -0.2) is 9.59 Å². The maximum atomic E-state index is 12.2. The van der Waals surface area contributed by atoms with E-state index in [1.54, 1.807) is 30.3 Å². The van der Waals surface area contributed by atoms with Gasteiger partial charge in [0.2, 0.25) is 0 Å². The summed E-state index contributed by atoms with van der Waals surface area (Å²) < 4.78 is 15.9. The third-order valence-corrected chi connectivity index (χ3v) is 5.59. The van der Waals surface area contributed by atoms with Crippen molar-refractivity contribution in [1.29, 1.82) is 0 Å². The number of benzene rings is 3. The summed E-state index contributed by atoms with van der Waals surface area (Å²) in [6.45, 7) is 2.73. The molecule has 0 heterocycles. The van der Waals surface area contributed by atoms with Crippen molar-refractivity contribution in [2.24, 2.45) is 5.92 Å². The fourth-order valence-electron chi connectivity index (χ4n) is 3.50. The van der Waals surface area contributed by atoms with Crippen LogP contribution in [-0.2, 0) is 27.1 Å². The Labute approximate surface area is 207 Å². The lowest BCUT2D eigenvalue weighted by Gasteiger charge is -2.12. The van der Waals surface area contributed by atoms with Crippen molar-refractivity contribution in [1.82, 2.24) is 0 Å². The van der Waals surface area contributed by atoms with Crippen molar-refractivity contribution >= 4 is 18.2 Å². The molecule has 0 fully saturated rings.